The molecule has 88 valence electrons. The van der Waals surface area contributed by atoms with E-state index in [1.54, 1.807) is 6.20 Å². The lowest BCUT2D eigenvalue weighted by molar-refractivity contribution is 0.105. The first-order valence-electron chi connectivity index (χ1n) is 5.32. The molecule has 0 aliphatic carbocycles. The molecule has 0 spiro atoms. The number of nitrogens with one attached hydrogen (secondary N) is 2. The van der Waals surface area contributed by atoms with Crippen LogP contribution in [0.4, 0.5) is 4.79 Å². The molecule has 2 N–H and O–H groups in total. The minimum Gasteiger partial charge on any atom is -0.490 e. The smallest absolute Gasteiger partial charge is 0.407 e. The Labute approximate surface area is 96.9 Å². The van der Waals surface area contributed by atoms with Crippen LogP contribution in [0.25, 0.3) is 10.9 Å². The van der Waals surface area contributed by atoms with Crippen molar-refractivity contribution in [1.29, 1.82) is 0 Å². The molecule has 0 radical (unpaired) electrons. The minimum atomic E-state index is -0.385. The van der Waals surface area contributed by atoms with Gasteiger partial charge in [0, 0.05) is 5.39 Å². The van der Waals surface area contributed by atoms with Gasteiger partial charge in [-0.2, -0.15) is 5.10 Å². The molecule has 2 heterocycles. The Hall–Kier alpha value is -2.24. The topological polar surface area (TPSA) is 76.2 Å². The lowest BCUT2D eigenvalue weighted by Gasteiger charge is -2.09. The van der Waals surface area contributed by atoms with Gasteiger partial charge in [0.05, 0.1) is 18.3 Å². The van der Waals surface area contributed by atoms with E-state index in [-0.39, 0.29) is 12.2 Å². The predicted molar refractivity (Wildman–Crippen MR) is 59.9 cm³/mol. The SMILES string of the molecule is O=C1NCC(COc2ccc3[nH]ncc3c2)O1. The van der Waals surface area contributed by atoms with E-state index < -0.39 is 0 Å². The van der Waals surface area contributed by atoms with Gasteiger partial charge in [-0.1, -0.05) is 0 Å². The van der Waals surface area contributed by atoms with Gasteiger partial charge in [0.15, 0.2) is 6.10 Å². The highest BCUT2D eigenvalue weighted by molar-refractivity contribution is 5.79. The molecule has 1 unspecified atom stereocenters. The second kappa shape index (κ2) is 3.97. The van der Waals surface area contributed by atoms with Crippen LogP contribution in [-0.4, -0.2) is 35.5 Å². The molecule has 1 fully saturated rings. The summed E-state index contributed by atoms with van der Waals surface area (Å²) in [4.78, 5) is 10.8. The summed E-state index contributed by atoms with van der Waals surface area (Å²) in [5, 5.41) is 10.4. The van der Waals surface area contributed by atoms with Crippen molar-refractivity contribution in [2.24, 2.45) is 0 Å². The molecule has 1 aromatic carbocycles. The number of alkyl carbamates (subject to hydrolysis) is 1. The second-order valence-corrected chi connectivity index (χ2v) is 3.84. The average Bonchev–Trinajstić information content (AvgIpc) is 2.94. The number of H-pyrrole nitrogens is 1. The molecule has 0 saturated carbocycles. The summed E-state index contributed by atoms with van der Waals surface area (Å²) in [6.45, 7) is 0.842. The second-order valence-electron chi connectivity index (χ2n) is 3.84. The molecule has 6 heteroatoms. The average molecular weight is 233 g/mol. The standard InChI is InChI=1S/C11H11N3O3/c15-11-12-5-9(17-11)6-16-8-1-2-10-7(3-8)4-13-14-10/h1-4,9H,5-6H2,(H,12,15)(H,13,14). The zero-order chi connectivity index (χ0) is 11.7. The summed E-state index contributed by atoms with van der Waals surface area (Å²) in [7, 11) is 0. The molecule has 2 aromatic rings. The highest BCUT2D eigenvalue weighted by atomic mass is 16.6. The van der Waals surface area contributed by atoms with Crippen LogP contribution in [0.15, 0.2) is 24.4 Å². The first kappa shape index (κ1) is 9.95. The zero-order valence-electron chi connectivity index (χ0n) is 8.97. The van der Waals surface area contributed by atoms with Gasteiger partial charge in [0.2, 0.25) is 0 Å². The van der Waals surface area contributed by atoms with Crippen molar-refractivity contribution >= 4 is 17.0 Å². The normalized spacial score (nSPS) is 19.1. The van der Waals surface area contributed by atoms with Gasteiger partial charge < -0.3 is 14.8 Å². The van der Waals surface area contributed by atoms with E-state index in [0.29, 0.717) is 13.2 Å². The molecule has 1 amide bonds. The van der Waals surface area contributed by atoms with E-state index in [0.717, 1.165) is 16.7 Å². The largest absolute Gasteiger partial charge is 0.490 e. The van der Waals surface area contributed by atoms with Gasteiger partial charge in [0.1, 0.15) is 12.4 Å². The van der Waals surface area contributed by atoms with Gasteiger partial charge in [0.25, 0.3) is 0 Å². The summed E-state index contributed by atoms with van der Waals surface area (Å²) >= 11 is 0. The van der Waals surface area contributed by atoms with Crippen molar-refractivity contribution in [3.8, 4) is 5.75 Å². The molecule has 6 nitrogen and oxygen atoms in total. The van der Waals surface area contributed by atoms with Crippen molar-refractivity contribution in [2.45, 2.75) is 6.10 Å². The Balaban J connectivity index is 1.66. The zero-order valence-corrected chi connectivity index (χ0v) is 8.97. The third-order valence-electron chi connectivity index (χ3n) is 2.60. The number of aromatic amines is 1. The Bertz CT molecular complexity index is 552. The van der Waals surface area contributed by atoms with Crippen LogP contribution in [0.3, 0.4) is 0 Å². The number of hydrogen-bond donors (Lipinski definition) is 2. The molecule has 1 aromatic heterocycles. The van der Waals surface area contributed by atoms with E-state index in [1.165, 1.54) is 0 Å². The fourth-order valence-electron chi connectivity index (χ4n) is 1.72. The molecule has 0 bridgehead atoms. The van der Waals surface area contributed by atoms with Crippen molar-refractivity contribution < 1.29 is 14.3 Å². The summed E-state index contributed by atoms with van der Waals surface area (Å²) in [5.41, 5.74) is 0.964. The fourth-order valence-corrected chi connectivity index (χ4v) is 1.72. The highest BCUT2D eigenvalue weighted by Crippen LogP contribution is 2.19. The summed E-state index contributed by atoms with van der Waals surface area (Å²) in [6, 6.07) is 5.64. The maximum Gasteiger partial charge on any atom is 0.407 e. The Morgan fingerprint density at radius 3 is 3.29 bits per heavy atom. The van der Waals surface area contributed by atoms with Gasteiger partial charge in [-0.25, -0.2) is 4.79 Å². The first-order chi connectivity index (χ1) is 8.31. The monoisotopic (exact) mass is 233 g/mol. The number of rotatable bonds is 3. The quantitative estimate of drug-likeness (QED) is 0.830. The number of hydrogen-bond acceptors (Lipinski definition) is 4. The van der Waals surface area contributed by atoms with E-state index in [2.05, 4.69) is 15.5 Å². The molecule has 1 atom stereocenters. The lowest BCUT2D eigenvalue weighted by Crippen LogP contribution is -2.21. The number of cyclic esters (lactones) is 1. The third kappa shape index (κ3) is 2.01. The van der Waals surface area contributed by atoms with Crippen molar-refractivity contribution in [3.05, 3.63) is 24.4 Å². The van der Waals surface area contributed by atoms with Crippen LogP contribution >= 0.6 is 0 Å². The molecule has 17 heavy (non-hydrogen) atoms. The van der Waals surface area contributed by atoms with Crippen LogP contribution < -0.4 is 10.1 Å². The van der Waals surface area contributed by atoms with Gasteiger partial charge in [-0.3, -0.25) is 5.10 Å². The van der Waals surface area contributed by atoms with Crippen molar-refractivity contribution in [1.82, 2.24) is 15.5 Å². The van der Waals surface area contributed by atoms with Crippen LogP contribution in [0, 0.1) is 0 Å². The van der Waals surface area contributed by atoms with E-state index in [1.807, 2.05) is 18.2 Å². The summed E-state index contributed by atoms with van der Waals surface area (Å²) in [6.07, 6.45) is 1.13. The minimum absolute atomic E-state index is 0.220. The van der Waals surface area contributed by atoms with E-state index >= 15 is 0 Å². The van der Waals surface area contributed by atoms with Gasteiger partial charge in [-0.05, 0) is 18.2 Å². The number of nitrogens with zero attached hydrogens (tertiary/aromatic N) is 1. The van der Waals surface area contributed by atoms with Crippen LogP contribution in [-0.2, 0) is 4.74 Å². The first-order valence-corrected chi connectivity index (χ1v) is 5.32. The maximum absolute atomic E-state index is 10.8. The molecule has 1 aliphatic heterocycles. The van der Waals surface area contributed by atoms with Crippen LogP contribution in [0.2, 0.25) is 0 Å². The number of amides is 1. The Kier molecular flexibility index (Phi) is 2.32. The maximum atomic E-state index is 10.8. The summed E-state index contributed by atoms with van der Waals surface area (Å²) < 4.78 is 10.5. The van der Waals surface area contributed by atoms with Gasteiger partial charge in [-0.15, -0.1) is 0 Å². The lowest BCUT2D eigenvalue weighted by atomic mass is 10.2. The van der Waals surface area contributed by atoms with E-state index in [9.17, 15) is 4.79 Å². The fraction of sp³-hybridized carbons (Fsp3) is 0.273. The Morgan fingerprint density at radius 2 is 2.47 bits per heavy atom. The number of aromatic nitrogens is 2. The molecule has 3 rings (SSSR count). The van der Waals surface area contributed by atoms with E-state index in [4.69, 9.17) is 9.47 Å². The molecule has 1 saturated heterocycles. The molecular weight excluding hydrogens is 222 g/mol. The Morgan fingerprint density at radius 1 is 1.53 bits per heavy atom. The third-order valence-corrected chi connectivity index (χ3v) is 2.60. The number of carbonyl (C=O) groups excluding carboxylic acids is 1. The molecule has 1 aliphatic rings. The molecular formula is C11H11N3O3. The highest BCUT2D eigenvalue weighted by Gasteiger charge is 2.22. The predicted octanol–water partition coefficient (Wildman–Crippen LogP) is 1.05. The van der Waals surface area contributed by atoms with Crippen molar-refractivity contribution in [3.63, 3.8) is 0 Å². The van der Waals surface area contributed by atoms with Gasteiger partial charge >= 0.3 is 6.09 Å². The number of benzene rings is 1. The number of ether oxygens (including phenoxy) is 2. The van der Waals surface area contributed by atoms with Crippen molar-refractivity contribution in [2.75, 3.05) is 13.2 Å². The number of carbonyl (C=O) groups is 1. The van der Waals surface area contributed by atoms with Crippen LogP contribution in [0.1, 0.15) is 0 Å². The van der Waals surface area contributed by atoms with Crippen LogP contribution in [0.5, 0.6) is 5.75 Å². The summed E-state index contributed by atoms with van der Waals surface area (Å²) in [5.74, 6) is 0.738. The number of fused-ring (bicyclic) bond motifs is 1.